The molecule has 35 heavy (non-hydrogen) atoms. The van der Waals surface area contributed by atoms with E-state index in [2.05, 4.69) is 55.4 Å². The van der Waals surface area contributed by atoms with E-state index >= 15 is 0 Å². The van der Waals surface area contributed by atoms with Gasteiger partial charge in [0.2, 0.25) is 0 Å². The summed E-state index contributed by atoms with van der Waals surface area (Å²) in [5.41, 5.74) is -1.34. The molecule has 0 heterocycles. The van der Waals surface area contributed by atoms with E-state index in [4.69, 9.17) is 0 Å². The third-order valence-corrected chi connectivity index (χ3v) is 14.5. The fraction of sp³-hybridized carbons (Fsp3) is 0.968. The molecule has 0 amide bonds. The van der Waals surface area contributed by atoms with Crippen LogP contribution in [-0.2, 0) is 4.79 Å². The third kappa shape index (κ3) is 3.54. The summed E-state index contributed by atoms with van der Waals surface area (Å²) < 4.78 is 0. The van der Waals surface area contributed by atoms with Crippen molar-refractivity contribution >= 4 is 57.4 Å². The molecule has 11 atom stereocenters. The Morgan fingerprint density at radius 3 is 2.03 bits per heavy atom. The fourth-order valence-corrected chi connectivity index (χ4v) is 12.0. The Labute approximate surface area is 257 Å². The molecular formula is C31H53KO3. The standard InChI is InChI=1S/C31H52O3.K.H/c1-19-11-13-27(5)16-17-28(6)21(24(27)20(19)2)9-10-23-29(28,7)14-12-22-26(3,4)15-18-31(34,25(32)33)30(22,23)8;;/h19-24,34H,9-18H2,1-8H3,(H,32,33);;/t19-,20+,21-,22+,23+,24+,27-,28-,29-,30+,31?;;/m1../s1. The Morgan fingerprint density at radius 2 is 1.40 bits per heavy atom. The first-order valence-corrected chi connectivity index (χ1v) is 14.5. The van der Waals surface area contributed by atoms with E-state index in [1.165, 1.54) is 38.5 Å². The summed E-state index contributed by atoms with van der Waals surface area (Å²) in [6.45, 7) is 19.6. The Kier molecular flexibility index (Phi) is 7.29. The van der Waals surface area contributed by atoms with Crippen LogP contribution in [0.2, 0.25) is 0 Å². The van der Waals surface area contributed by atoms with Gasteiger partial charge in [0.1, 0.15) is 0 Å². The summed E-state index contributed by atoms with van der Waals surface area (Å²) in [5, 5.41) is 22.4. The predicted molar refractivity (Wildman–Crippen MR) is 144 cm³/mol. The average molecular weight is 513 g/mol. The first-order valence-electron chi connectivity index (χ1n) is 14.5. The van der Waals surface area contributed by atoms with Gasteiger partial charge in [-0.15, -0.1) is 0 Å². The average Bonchev–Trinajstić information content (AvgIpc) is 2.75. The molecule has 0 bridgehead atoms. The van der Waals surface area contributed by atoms with Crippen LogP contribution in [0.15, 0.2) is 0 Å². The Balaban J connectivity index is 0.00000289. The molecule has 3 nitrogen and oxygen atoms in total. The Hall–Kier alpha value is 1.07. The SMILES string of the molecule is C[C@@H]1[C@H]2[C@H]3CC[C@@H]4[C@]5(C)[C@@H](CC[C@@]4(C)[C@]3(C)CC[C@@]2(C)CC[C@H]1C)C(C)(C)CCC5(O)C(=O)O.[KH]. The molecule has 5 saturated carbocycles. The zero-order valence-electron chi connectivity index (χ0n) is 23.3. The number of hydrogen-bond acceptors (Lipinski definition) is 2. The van der Waals surface area contributed by atoms with Gasteiger partial charge in [-0.1, -0.05) is 55.4 Å². The number of carboxylic acid groups (broad SMARTS) is 1. The maximum atomic E-state index is 12.7. The summed E-state index contributed by atoms with van der Waals surface area (Å²) in [5.74, 6) is 2.62. The van der Waals surface area contributed by atoms with Crippen molar-refractivity contribution in [3.05, 3.63) is 0 Å². The molecule has 4 heteroatoms. The van der Waals surface area contributed by atoms with Crippen LogP contribution in [0.4, 0.5) is 0 Å². The van der Waals surface area contributed by atoms with Crippen molar-refractivity contribution in [3.8, 4) is 0 Å². The van der Waals surface area contributed by atoms with Gasteiger partial charge in [-0.25, -0.2) is 4.79 Å². The van der Waals surface area contributed by atoms with Crippen molar-refractivity contribution in [2.24, 2.45) is 62.6 Å². The number of hydrogen-bond donors (Lipinski definition) is 2. The number of carboxylic acids is 1. The molecule has 5 aliphatic carbocycles. The Morgan fingerprint density at radius 1 is 0.743 bits per heavy atom. The van der Waals surface area contributed by atoms with E-state index in [-0.39, 0.29) is 79.5 Å². The first-order chi connectivity index (χ1) is 15.6. The monoisotopic (exact) mass is 512 g/mol. The summed E-state index contributed by atoms with van der Waals surface area (Å²) in [6, 6.07) is 0. The van der Waals surface area contributed by atoms with E-state index in [0.717, 1.165) is 42.9 Å². The summed E-state index contributed by atoms with van der Waals surface area (Å²) in [4.78, 5) is 12.7. The molecule has 0 saturated heterocycles. The minimum absolute atomic E-state index is 0. The molecular weight excluding hydrogens is 459 g/mol. The summed E-state index contributed by atoms with van der Waals surface area (Å²) in [7, 11) is 0. The molecule has 0 radical (unpaired) electrons. The molecule has 0 spiro atoms. The van der Waals surface area contributed by atoms with E-state index in [0.29, 0.717) is 11.8 Å². The van der Waals surface area contributed by atoms with Gasteiger partial charge < -0.3 is 10.2 Å². The van der Waals surface area contributed by atoms with Crippen molar-refractivity contribution in [2.45, 2.75) is 125 Å². The second-order valence-corrected chi connectivity index (χ2v) is 15.7. The third-order valence-electron chi connectivity index (χ3n) is 14.5. The van der Waals surface area contributed by atoms with E-state index < -0.39 is 17.0 Å². The minimum atomic E-state index is -1.61. The molecule has 196 valence electrons. The van der Waals surface area contributed by atoms with Gasteiger partial charge in [-0.05, 0) is 121 Å². The normalized spacial score (nSPS) is 56.9. The van der Waals surface area contributed by atoms with Crippen molar-refractivity contribution in [1.29, 1.82) is 0 Å². The van der Waals surface area contributed by atoms with Gasteiger partial charge >= 0.3 is 57.4 Å². The molecule has 0 aliphatic heterocycles. The summed E-state index contributed by atoms with van der Waals surface area (Å²) in [6.07, 6.45) is 11.1. The molecule has 5 rings (SSSR count). The number of carbonyl (C=O) groups is 1. The van der Waals surface area contributed by atoms with Crippen molar-refractivity contribution in [3.63, 3.8) is 0 Å². The topological polar surface area (TPSA) is 57.5 Å². The molecule has 2 N–H and O–H groups in total. The Bertz CT molecular complexity index is 871. The van der Waals surface area contributed by atoms with Crippen LogP contribution < -0.4 is 0 Å². The van der Waals surface area contributed by atoms with Crippen LogP contribution in [-0.4, -0.2) is 73.2 Å². The second-order valence-electron chi connectivity index (χ2n) is 15.7. The van der Waals surface area contributed by atoms with Crippen molar-refractivity contribution in [1.82, 2.24) is 0 Å². The van der Waals surface area contributed by atoms with Crippen molar-refractivity contribution < 1.29 is 15.0 Å². The van der Waals surface area contributed by atoms with Crippen molar-refractivity contribution in [2.75, 3.05) is 0 Å². The fourth-order valence-electron chi connectivity index (χ4n) is 12.0. The van der Waals surface area contributed by atoms with Gasteiger partial charge in [0.05, 0.1) is 0 Å². The number of aliphatic carboxylic acids is 1. The maximum absolute atomic E-state index is 12.7. The van der Waals surface area contributed by atoms with Gasteiger partial charge in [0, 0.05) is 5.41 Å². The number of rotatable bonds is 1. The van der Waals surface area contributed by atoms with E-state index in [1.807, 2.05) is 0 Å². The van der Waals surface area contributed by atoms with Crippen LogP contribution in [0.25, 0.3) is 0 Å². The van der Waals surface area contributed by atoms with Gasteiger partial charge in [-0.2, -0.15) is 0 Å². The van der Waals surface area contributed by atoms with E-state index in [1.54, 1.807) is 0 Å². The van der Waals surface area contributed by atoms with Crippen LogP contribution in [0.1, 0.15) is 120 Å². The van der Waals surface area contributed by atoms with Gasteiger partial charge in [-0.3, -0.25) is 0 Å². The van der Waals surface area contributed by atoms with Crippen LogP contribution in [0.5, 0.6) is 0 Å². The predicted octanol–water partition coefficient (Wildman–Crippen LogP) is 6.91. The zero-order chi connectivity index (χ0) is 25.1. The first kappa shape index (κ1) is 29.1. The van der Waals surface area contributed by atoms with Crippen LogP contribution >= 0.6 is 0 Å². The van der Waals surface area contributed by atoms with Crippen LogP contribution in [0.3, 0.4) is 0 Å². The quantitative estimate of drug-likeness (QED) is 0.375. The van der Waals surface area contributed by atoms with Gasteiger partial charge in [0.15, 0.2) is 5.60 Å². The molecule has 0 aromatic rings. The molecule has 0 aromatic heterocycles. The zero-order valence-corrected chi connectivity index (χ0v) is 23.3. The van der Waals surface area contributed by atoms with Crippen LogP contribution in [0, 0.1) is 62.6 Å². The van der Waals surface area contributed by atoms with E-state index in [9.17, 15) is 15.0 Å². The number of aliphatic hydroxyl groups is 1. The second kappa shape index (κ2) is 8.78. The molecule has 5 aliphatic rings. The molecule has 0 aromatic carbocycles. The van der Waals surface area contributed by atoms with Gasteiger partial charge in [0.25, 0.3) is 0 Å². The summed E-state index contributed by atoms with van der Waals surface area (Å²) >= 11 is 0. The molecule has 5 fully saturated rings. The number of fused-ring (bicyclic) bond motifs is 7. The molecule has 1 unspecified atom stereocenters.